The molecule has 10 heteroatoms. The summed E-state index contributed by atoms with van der Waals surface area (Å²) < 4.78 is 2.38. The first-order chi connectivity index (χ1) is 13.9. The molecular formula is C19H19BrN4O3S2. The van der Waals surface area contributed by atoms with Gasteiger partial charge in [-0.2, -0.15) is 0 Å². The van der Waals surface area contributed by atoms with Crippen molar-refractivity contribution in [2.24, 2.45) is 0 Å². The van der Waals surface area contributed by atoms with Crippen LogP contribution in [-0.4, -0.2) is 33.5 Å². The molecule has 0 fully saturated rings. The predicted octanol–water partition coefficient (Wildman–Crippen LogP) is 3.21. The largest absolute Gasteiger partial charge is 0.355 e. The molecule has 0 saturated heterocycles. The molecular weight excluding hydrogens is 476 g/mol. The predicted molar refractivity (Wildman–Crippen MR) is 121 cm³/mol. The van der Waals surface area contributed by atoms with Crippen LogP contribution in [0, 0.1) is 6.92 Å². The van der Waals surface area contributed by atoms with Crippen molar-refractivity contribution in [1.82, 2.24) is 14.7 Å². The summed E-state index contributed by atoms with van der Waals surface area (Å²) >= 11 is 6.15. The van der Waals surface area contributed by atoms with Gasteiger partial charge in [0, 0.05) is 46.5 Å². The van der Waals surface area contributed by atoms with Gasteiger partial charge in [0.15, 0.2) is 4.96 Å². The van der Waals surface area contributed by atoms with E-state index in [9.17, 15) is 14.4 Å². The molecule has 152 valence electrons. The molecule has 7 nitrogen and oxygen atoms in total. The molecule has 0 spiro atoms. The Labute approximate surface area is 184 Å². The van der Waals surface area contributed by atoms with Gasteiger partial charge >= 0.3 is 0 Å². The summed E-state index contributed by atoms with van der Waals surface area (Å²) in [6.45, 7) is 2.18. The van der Waals surface area contributed by atoms with Gasteiger partial charge in [-0.15, -0.1) is 23.1 Å². The first kappa shape index (κ1) is 21.5. The number of fused-ring (bicyclic) bond motifs is 1. The Morgan fingerprint density at radius 3 is 2.93 bits per heavy atom. The zero-order valence-electron chi connectivity index (χ0n) is 15.6. The van der Waals surface area contributed by atoms with Crippen LogP contribution >= 0.6 is 39.0 Å². The lowest BCUT2D eigenvalue weighted by atomic mass is 10.2. The Morgan fingerprint density at radius 1 is 1.28 bits per heavy atom. The Balaban J connectivity index is 1.38. The van der Waals surface area contributed by atoms with E-state index in [1.807, 2.05) is 30.5 Å². The van der Waals surface area contributed by atoms with Crippen molar-refractivity contribution in [2.45, 2.75) is 19.1 Å². The minimum absolute atomic E-state index is 0.122. The lowest BCUT2D eigenvalue weighted by Gasteiger charge is -2.09. The SMILES string of the molecule is Cc1ccc(Br)cc1NC(=O)CCNC(=O)CSCc1cc(=O)n2ccsc2n1. The molecule has 2 aromatic heterocycles. The zero-order valence-corrected chi connectivity index (χ0v) is 18.8. The highest BCUT2D eigenvalue weighted by molar-refractivity contribution is 9.10. The summed E-state index contributed by atoms with van der Waals surface area (Å²) in [5.74, 6) is 0.390. The number of anilines is 1. The van der Waals surface area contributed by atoms with Gasteiger partial charge in [-0.05, 0) is 24.6 Å². The van der Waals surface area contributed by atoms with Crippen LogP contribution in [0.3, 0.4) is 0 Å². The van der Waals surface area contributed by atoms with Gasteiger partial charge in [0.1, 0.15) is 0 Å². The van der Waals surface area contributed by atoms with Crippen LogP contribution in [0.4, 0.5) is 5.69 Å². The van der Waals surface area contributed by atoms with Crippen molar-refractivity contribution >= 4 is 61.5 Å². The number of hydrogen-bond donors (Lipinski definition) is 2. The molecule has 0 saturated carbocycles. The molecule has 0 atom stereocenters. The topological polar surface area (TPSA) is 92.6 Å². The molecule has 0 radical (unpaired) electrons. The van der Waals surface area contributed by atoms with E-state index in [4.69, 9.17) is 0 Å². The van der Waals surface area contributed by atoms with Crippen molar-refractivity contribution in [1.29, 1.82) is 0 Å². The number of aryl methyl sites for hydroxylation is 1. The van der Waals surface area contributed by atoms with Crippen LogP contribution in [0.15, 0.2) is 45.1 Å². The number of benzene rings is 1. The maximum atomic E-state index is 12.1. The third-order valence-corrected chi connectivity index (χ3v) is 6.20. The molecule has 2 N–H and O–H groups in total. The number of carbonyl (C=O) groups is 2. The van der Waals surface area contributed by atoms with Gasteiger partial charge in [-0.1, -0.05) is 22.0 Å². The zero-order chi connectivity index (χ0) is 20.8. The highest BCUT2D eigenvalue weighted by Crippen LogP contribution is 2.20. The van der Waals surface area contributed by atoms with E-state index in [2.05, 4.69) is 31.5 Å². The lowest BCUT2D eigenvalue weighted by molar-refractivity contribution is -0.119. The van der Waals surface area contributed by atoms with Gasteiger partial charge in [0.2, 0.25) is 11.8 Å². The summed E-state index contributed by atoms with van der Waals surface area (Å²) in [5, 5.41) is 7.38. The van der Waals surface area contributed by atoms with E-state index in [1.54, 1.807) is 6.20 Å². The average Bonchev–Trinajstić information content (AvgIpc) is 3.14. The van der Waals surface area contributed by atoms with Gasteiger partial charge < -0.3 is 10.6 Å². The number of aromatic nitrogens is 2. The standard InChI is InChI=1S/C19H19BrN4O3S2/c1-12-2-3-13(20)8-15(12)23-16(25)4-5-21-17(26)11-28-10-14-9-18(27)24-6-7-29-19(24)22-14/h2-3,6-9H,4-5,10-11H2,1H3,(H,21,26)(H,23,25). The fraction of sp³-hybridized carbons (Fsp3) is 0.263. The summed E-state index contributed by atoms with van der Waals surface area (Å²) in [7, 11) is 0. The number of carbonyl (C=O) groups excluding carboxylic acids is 2. The average molecular weight is 495 g/mol. The monoisotopic (exact) mass is 494 g/mol. The highest BCUT2D eigenvalue weighted by atomic mass is 79.9. The summed E-state index contributed by atoms with van der Waals surface area (Å²) in [4.78, 5) is 41.0. The number of thioether (sulfide) groups is 1. The molecule has 0 bridgehead atoms. The maximum Gasteiger partial charge on any atom is 0.258 e. The normalized spacial score (nSPS) is 10.8. The van der Waals surface area contributed by atoms with Crippen molar-refractivity contribution in [3.8, 4) is 0 Å². The Kier molecular flexibility index (Phi) is 7.45. The molecule has 0 aliphatic carbocycles. The van der Waals surface area contributed by atoms with Crippen LogP contribution in [0.25, 0.3) is 4.96 Å². The fourth-order valence-electron chi connectivity index (χ4n) is 2.52. The fourth-order valence-corrected chi connectivity index (χ4v) is 4.36. The molecule has 29 heavy (non-hydrogen) atoms. The third-order valence-electron chi connectivity index (χ3n) is 3.99. The van der Waals surface area contributed by atoms with Crippen molar-refractivity contribution in [3.05, 3.63) is 61.9 Å². The van der Waals surface area contributed by atoms with Gasteiger partial charge in [-0.25, -0.2) is 4.98 Å². The number of nitrogens with zero attached hydrogens (tertiary/aromatic N) is 2. The first-order valence-corrected chi connectivity index (χ1v) is 11.6. The number of rotatable bonds is 8. The van der Waals surface area contributed by atoms with E-state index in [-0.39, 0.29) is 36.1 Å². The van der Waals surface area contributed by atoms with E-state index in [0.717, 1.165) is 15.7 Å². The molecule has 3 rings (SSSR count). The van der Waals surface area contributed by atoms with E-state index >= 15 is 0 Å². The quantitative estimate of drug-likeness (QED) is 0.501. The molecule has 0 unspecified atom stereocenters. The molecule has 3 aromatic rings. The minimum Gasteiger partial charge on any atom is -0.355 e. The number of hydrogen-bond acceptors (Lipinski definition) is 6. The van der Waals surface area contributed by atoms with Crippen molar-refractivity contribution in [3.63, 3.8) is 0 Å². The molecule has 0 aliphatic heterocycles. The van der Waals surface area contributed by atoms with Gasteiger partial charge in [-0.3, -0.25) is 18.8 Å². The number of nitrogens with one attached hydrogen (secondary N) is 2. The van der Waals surface area contributed by atoms with Gasteiger partial charge in [0.05, 0.1) is 11.4 Å². The summed E-state index contributed by atoms with van der Waals surface area (Å²) in [6.07, 6.45) is 1.88. The number of thiazole rings is 1. The van der Waals surface area contributed by atoms with Crippen molar-refractivity contribution in [2.75, 3.05) is 17.6 Å². The first-order valence-electron chi connectivity index (χ1n) is 8.78. The summed E-state index contributed by atoms with van der Waals surface area (Å²) in [5.41, 5.74) is 2.25. The van der Waals surface area contributed by atoms with Crippen LogP contribution in [0.1, 0.15) is 17.7 Å². The van der Waals surface area contributed by atoms with Crippen LogP contribution in [-0.2, 0) is 15.3 Å². The molecule has 2 amide bonds. The Bertz CT molecular complexity index is 1100. The van der Waals surface area contributed by atoms with Crippen molar-refractivity contribution < 1.29 is 9.59 Å². The molecule has 1 aromatic carbocycles. The van der Waals surface area contributed by atoms with Crippen LogP contribution in [0.2, 0.25) is 0 Å². The highest BCUT2D eigenvalue weighted by Gasteiger charge is 2.08. The minimum atomic E-state index is -0.159. The van der Waals surface area contributed by atoms with Crippen LogP contribution in [0.5, 0.6) is 0 Å². The maximum absolute atomic E-state index is 12.1. The molecule has 0 aliphatic rings. The number of amides is 2. The van der Waals surface area contributed by atoms with E-state index in [1.165, 1.54) is 33.6 Å². The summed E-state index contributed by atoms with van der Waals surface area (Å²) in [6, 6.07) is 7.15. The second kappa shape index (κ2) is 10.0. The second-order valence-electron chi connectivity index (χ2n) is 6.24. The van der Waals surface area contributed by atoms with E-state index in [0.29, 0.717) is 16.4 Å². The van der Waals surface area contributed by atoms with Crippen LogP contribution < -0.4 is 16.2 Å². The molecule has 2 heterocycles. The number of halogens is 1. The second-order valence-corrected chi connectivity index (χ2v) is 9.02. The Morgan fingerprint density at radius 2 is 2.10 bits per heavy atom. The lowest BCUT2D eigenvalue weighted by Crippen LogP contribution is -2.29. The van der Waals surface area contributed by atoms with Gasteiger partial charge in [0.25, 0.3) is 5.56 Å². The smallest absolute Gasteiger partial charge is 0.258 e. The third kappa shape index (κ3) is 6.15. The van der Waals surface area contributed by atoms with E-state index < -0.39 is 0 Å². The Hall–Kier alpha value is -2.17.